The van der Waals surface area contributed by atoms with Gasteiger partial charge in [0.1, 0.15) is 6.61 Å². The highest BCUT2D eigenvalue weighted by Crippen LogP contribution is 2.30. The van der Waals surface area contributed by atoms with Crippen molar-refractivity contribution in [1.82, 2.24) is 15.1 Å². The summed E-state index contributed by atoms with van der Waals surface area (Å²) in [5.41, 5.74) is 3.24. The molecule has 1 atom stereocenters. The topological polar surface area (TPSA) is 65.4 Å². The van der Waals surface area contributed by atoms with Crippen molar-refractivity contribution in [3.8, 4) is 17.2 Å². The average molecular weight is 377 g/mol. The van der Waals surface area contributed by atoms with Crippen molar-refractivity contribution in [3.05, 3.63) is 72.1 Å². The van der Waals surface area contributed by atoms with E-state index in [4.69, 9.17) is 9.47 Å². The van der Waals surface area contributed by atoms with Crippen molar-refractivity contribution < 1.29 is 14.3 Å². The molecule has 3 aromatic rings. The molecule has 0 saturated heterocycles. The lowest BCUT2D eigenvalue weighted by molar-refractivity contribution is -0.130. The van der Waals surface area contributed by atoms with Crippen molar-refractivity contribution >= 4 is 5.91 Å². The zero-order valence-electron chi connectivity index (χ0n) is 15.8. The maximum atomic E-state index is 12.3. The summed E-state index contributed by atoms with van der Waals surface area (Å²) in [5, 5.41) is 7.52. The minimum Gasteiger partial charge on any atom is -0.485 e. The van der Waals surface area contributed by atoms with E-state index in [2.05, 4.69) is 16.6 Å². The normalized spacial score (nSPS) is 15.2. The van der Waals surface area contributed by atoms with Crippen LogP contribution in [0.3, 0.4) is 0 Å². The van der Waals surface area contributed by atoms with Gasteiger partial charge in [-0.05, 0) is 49.6 Å². The standard InChI is InChI=1S/C22H23N3O3/c1-16-17(14-25(24-16)18-9-3-2-4-10-18)8-7-13-23-22(26)21-15-27-19-11-5-6-12-20(19)28-21/h2-6,9-12,14,21H,7-8,13,15H2,1H3,(H,23,26). The number of nitrogens with zero attached hydrogens (tertiary/aromatic N) is 2. The van der Waals surface area contributed by atoms with Gasteiger partial charge < -0.3 is 14.8 Å². The van der Waals surface area contributed by atoms with Gasteiger partial charge in [0.05, 0.1) is 11.4 Å². The molecule has 0 bridgehead atoms. The molecule has 1 amide bonds. The molecule has 0 spiro atoms. The maximum absolute atomic E-state index is 12.3. The molecule has 4 rings (SSSR count). The highest BCUT2D eigenvalue weighted by Gasteiger charge is 2.26. The Hall–Kier alpha value is -3.28. The van der Waals surface area contributed by atoms with Gasteiger partial charge in [0.25, 0.3) is 5.91 Å². The number of carbonyl (C=O) groups is 1. The summed E-state index contributed by atoms with van der Waals surface area (Å²) in [4.78, 5) is 12.3. The molecule has 1 aliphatic rings. The first-order chi connectivity index (χ1) is 13.7. The quantitative estimate of drug-likeness (QED) is 0.671. The number of aryl methyl sites for hydroxylation is 2. The Bertz CT molecular complexity index is 953. The molecule has 6 heteroatoms. The van der Waals surface area contributed by atoms with E-state index in [0.717, 1.165) is 24.2 Å². The van der Waals surface area contributed by atoms with E-state index in [1.165, 1.54) is 5.56 Å². The zero-order chi connectivity index (χ0) is 19.3. The molecule has 1 aromatic heterocycles. The molecule has 1 unspecified atom stereocenters. The van der Waals surface area contributed by atoms with Gasteiger partial charge in [-0.1, -0.05) is 30.3 Å². The summed E-state index contributed by atoms with van der Waals surface area (Å²) in [6.07, 6.45) is 3.13. The van der Waals surface area contributed by atoms with Gasteiger partial charge in [-0.3, -0.25) is 4.79 Å². The van der Waals surface area contributed by atoms with Crippen LogP contribution in [0.5, 0.6) is 11.5 Å². The van der Waals surface area contributed by atoms with E-state index in [1.54, 1.807) is 0 Å². The molecule has 2 heterocycles. The van der Waals surface area contributed by atoms with Crippen LogP contribution >= 0.6 is 0 Å². The van der Waals surface area contributed by atoms with Crippen LogP contribution in [-0.4, -0.2) is 34.9 Å². The third-order valence-corrected chi connectivity index (χ3v) is 4.74. The second kappa shape index (κ2) is 8.17. The van der Waals surface area contributed by atoms with E-state index in [0.29, 0.717) is 18.0 Å². The molecular formula is C22H23N3O3. The van der Waals surface area contributed by atoms with Gasteiger partial charge in [0, 0.05) is 12.7 Å². The Kier molecular flexibility index (Phi) is 5.28. The van der Waals surface area contributed by atoms with Crippen LogP contribution in [0.2, 0.25) is 0 Å². The summed E-state index contributed by atoms with van der Waals surface area (Å²) in [6.45, 7) is 2.82. The molecule has 144 valence electrons. The van der Waals surface area contributed by atoms with E-state index < -0.39 is 6.10 Å². The van der Waals surface area contributed by atoms with Crippen molar-refractivity contribution in [2.45, 2.75) is 25.9 Å². The monoisotopic (exact) mass is 377 g/mol. The highest BCUT2D eigenvalue weighted by molar-refractivity contribution is 5.81. The van der Waals surface area contributed by atoms with Crippen molar-refractivity contribution in [2.75, 3.05) is 13.2 Å². The van der Waals surface area contributed by atoms with Crippen molar-refractivity contribution in [1.29, 1.82) is 0 Å². The van der Waals surface area contributed by atoms with Gasteiger partial charge in [0.2, 0.25) is 6.10 Å². The van der Waals surface area contributed by atoms with Crippen LogP contribution in [0.4, 0.5) is 0 Å². The summed E-state index contributed by atoms with van der Waals surface area (Å²) in [7, 11) is 0. The first kappa shape index (κ1) is 18.1. The number of benzene rings is 2. The third-order valence-electron chi connectivity index (χ3n) is 4.74. The molecule has 28 heavy (non-hydrogen) atoms. The van der Waals surface area contributed by atoms with E-state index >= 15 is 0 Å². The van der Waals surface area contributed by atoms with E-state index in [9.17, 15) is 4.79 Å². The molecule has 1 N–H and O–H groups in total. The van der Waals surface area contributed by atoms with Gasteiger partial charge in [-0.15, -0.1) is 0 Å². The fourth-order valence-electron chi connectivity index (χ4n) is 3.21. The number of nitrogens with one attached hydrogen (secondary N) is 1. The third kappa shape index (κ3) is 4.01. The average Bonchev–Trinajstić information content (AvgIpc) is 3.12. The Morgan fingerprint density at radius 3 is 2.71 bits per heavy atom. The van der Waals surface area contributed by atoms with Crippen LogP contribution in [0.25, 0.3) is 5.69 Å². The predicted octanol–water partition coefficient (Wildman–Crippen LogP) is 3.07. The Balaban J connectivity index is 1.26. The molecule has 2 aromatic carbocycles. The van der Waals surface area contributed by atoms with Gasteiger partial charge in [-0.2, -0.15) is 5.10 Å². The minimum absolute atomic E-state index is 0.147. The summed E-state index contributed by atoms with van der Waals surface area (Å²) in [5.74, 6) is 1.14. The van der Waals surface area contributed by atoms with Crippen LogP contribution in [0, 0.1) is 6.92 Å². The Labute approximate surface area is 164 Å². The summed E-state index contributed by atoms with van der Waals surface area (Å²) >= 11 is 0. The van der Waals surface area contributed by atoms with Crippen molar-refractivity contribution in [3.63, 3.8) is 0 Å². The molecule has 1 aliphatic heterocycles. The fourth-order valence-corrected chi connectivity index (χ4v) is 3.21. The summed E-state index contributed by atoms with van der Waals surface area (Å²) < 4.78 is 13.2. The number of amides is 1. The summed E-state index contributed by atoms with van der Waals surface area (Å²) in [6, 6.07) is 17.4. The number of hydrogen-bond acceptors (Lipinski definition) is 4. The lowest BCUT2D eigenvalue weighted by Gasteiger charge is -2.25. The molecule has 6 nitrogen and oxygen atoms in total. The maximum Gasteiger partial charge on any atom is 0.264 e. The van der Waals surface area contributed by atoms with E-state index in [-0.39, 0.29) is 12.5 Å². The lowest BCUT2D eigenvalue weighted by Crippen LogP contribution is -2.44. The number of hydrogen-bond donors (Lipinski definition) is 1. The van der Waals surface area contributed by atoms with Crippen LogP contribution < -0.4 is 14.8 Å². The Morgan fingerprint density at radius 2 is 1.89 bits per heavy atom. The van der Waals surface area contributed by atoms with Gasteiger partial charge in [0.15, 0.2) is 11.5 Å². The first-order valence-corrected chi connectivity index (χ1v) is 9.47. The SMILES string of the molecule is Cc1nn(-c2ccccc2)cc1CCCNC(=O)C1COc2ccccc2O1. The molecular weight excluding hydrogens is 354 g/mol. The van der Waals surface area contributed by atoms with Crippen LogP contribution in [0.15, 0.2) is 60.8 Å². The molecule has 0 saturated carbocycles. The molecule has 0 radical (unpaired) electrons. The number of ether oxygens (including phenoxy) is 2. The van der Waals surface area contributed by atoms with Gasteiger partial charge >= 0.3 is 0 Å². The number of rotatable bonds is 6. The zero-order valence-corrected chi connectivity index (χ0v) is 15.8. The van der Waals surface area contributed by atoms with Crippen molar-refractivity contribution in [2.24, 2.45) is 0 Å². The second-order valence-corrected chi connectivity index (χ2v) is 6.78. The number of fused-ring (bicyclic) bond motifs is 1. The van der Waals surface area contributed by atoms with E-state index in [1.807, 2.05) is 66.2 Å². The Morgan fingerprint density at radius 1 is 1.14 bits per heavy atom. The highest BCUT2D eigenvalue weighted by atomic mass is 16.6. The minimum atomic E-state index is -0.613. The molecule has 0 aliphatic carbocycles. The fraction of sp³-hybridized carbons (Fsp3) is 0.273. The first-order valence-electron chi connectivity index (χ1n) is 9.47. The smallest absolute Gasteiger partial charge is 0.264 e. The number of aromatic nitrogens is 2. The largest absolute Gasteiger partial charge is 0.485 e. The number of carbonyl (C=O) groups excluding carboxylic acids is 1. The van der Waals surface area contributed by atoms with Crippen LogP contribution in [0.1, 0.15) is 17.7 Å². The lowest BCUT2D eigenvalue weighted by atomic mass is 10.1. The van der Waals surface area contributed by atoms with Gasteiger partial charge in [-0.25, -0.2) is 4.68 Å². The van der Waals surface area contributed by atoms with Crippen LogP contribution in [-0.2, 0) is 11.2 Å². The predicted molar refractivity (Wildman–Crippen MR) is 106 cm³/mol. The number of para-hydroxylation sites is 3. The second-order valence-electron chi connectivity index (χ2n) is 6.78. The molecule has 0 fully saturated rings.